The van der Waals surface area contributed by atoms with Crippen LogP contribution in [-0.4, -0.2) is 28.4 Å². The molecule has 2 N–H and O–H groups in total. The van der Waals surface area contributed by atoms with Crippen molar-refractivity contribution in [2.75, 3.05) is 6.54 Å². The van der Waals surface area contributed by atoms with Crippen molar-refractivity contribution in [1.29, 1.82) is 0 Å². The molecule has 90 valence electrons. The van der Waals surface area contributed by atoms with E-state index in [0.717, 1.165) is 12.8 Å². The van der Waals surface area contributed by atoms with E-state index in [9.17, 15) is 4.79 Å². The molecule has 1 aromatic carbocycles. The Labute approximate surface area is 111 Å². The molecule has 0 spiro atoms. The molecule has 1 unspecified atom stereocenters. The van der Waals surface area contributed by atoms with Crippen LogP contribution in [0, 0.1) is 0 Å². The number of carbonyl (C=O) groups is 1. The van der Waals surface area contributed by atoms with Crippen molar-refractivity contribution in [3.8, 4) is 0 Å². The number of hydrogen-bond donors (Lipinski definition) is 1. The maximum Gasteiger partial charge on any atom is 0.254 e. The largest absolute Gasteiger partial charge is 0.392 e. The van der Waals surface area contributed by atoms with Crippen LogP contribution < -0.4 is 5.73 Å². The number of rotatable bonds is 2. The van der Waals surface area contributed by atoms with Crippen LogP contribution in [-0.2, 0) is 0 Å². The van der Waals surface area contributed by atoms with Gasteiger partial charge in [-0.2, -0.15) is 0 Å². The molecule has 0 aromatic heterocycles. The number of carbonyl (C=O) groups excluding carboxylic acids is 1. The van der Waals surface area contributed by atoms with Crippen LogP contribution in [0.15, 0.2) is 24.3 Å². The Kier molecular flexibility index (Phi) is 3.64. The summed E-state index contributed by atoms with van der Waals surface area (Å²) in [6.45, 7) is 0.702. The third kappa shape index (κ3) is 2.58. The minimum absolute atomic E-state index is 0.0530. The zero-order valence-corrected chi connectivity index (χ0v) is 10.8. The van der Waals surface area contributed by atoms with Crippen LogP contribution in [0.1, 0.15) is 23.2 Å². The average Bonchev–Trinajstić information content (AvgIpc) is 2.77. The van der Waals surface area contributed by atoms with E-state index in [1.807, 2.05) is 0 Å². The predicted octanol–water partition coefficient (Wildman–Crippen LogP) is 2.23. The number of nitrogens with two attached hydrogens (primary N) is 1. The molecule has 1 saturated heterocycles. The van der Waals surface area contributed by atoms with Gasteiger partial charge in [-0.05, 0) is 31.0 Å². The lowest BCUT2D eigenvalue weighted by molar-refractivity contribution is 0.0770. The molecule has 1 amide bonds. The highest BCUT2D eigenvalue weighted by Gasteiger charge is 2.31. The van der Waals surface area contributed by atoms with Crippen LogP contribution in [0.4, 0.5) is 0 Å². The van der Waals surface area contributed by atoms with Crippen molar-refractivity contribution in [1.82, 2.24) is 4.90 Å². The van der Waals surface area contributed by atoms with E-state index in [1.54, 1.807) is 29.2 Å². The zero-order chi connectivity index (χ0) is 12.4. The fourth-order valence-electron chi connectivity index (χ4n) is 2.09. The van der Waals surface area contributed by atoms with Gasteiger partial charge in [0.25, 0.3) is 5.91 Å². The van der Waals surface area contributed by atoms with Crippen molar-refractivity contribution >= 4 is 34.7 Å². The summed E-state index contributed by atoms with van der Waals surface area (Å²) in [6.07, 6.45) is 1.79. The van der Waals surface area contributed by atoms with Gasteiger partial charge in [0, 0.05) is 17.1 Å². The lowest BCUT2D eigenvalue weighted by Crippen LogP contribution is -2.42. The van der Waals surface area contributed by atoms with Crippen molar-refractivity contribution in [3.05, 3.63) is 34.9 Å². The van der Waals surface area contributed by atoms with Gasteiger partial charge in [-0.3, -0.25) is 4.79 Å². The van der Waals surface area contributed by atoms with Gasteiger partial charge in [-0.1, -0.05) is 29.9 Å². The molecule has 17 heavy (non-hydrogen) atoms. The number of thiocarbonyl (C=S) groups is 1. The van der Waals surface area contributed by atoms with Crippen LogP contribution in [0.2, 0.25) is 5.02 Å². The Morgan fingerprint density at radius 1 is 1.53 bits per heavy atom. The van der Waals surface area contributed by atoms with Crippen molar-refractivity contribution in [2.45, 2.75) is 18.9 Å². The molecule has 1 atom stereocenters. The van der Waals surface area contributed by atoms with Gasteiger partial charge in [0.15, 0.2) is 0 Å². The van der Waals surface area contributed by atoms with E-state index in [0.29, 0.717) is 22.1 Å². The summed E-state index contributed by atoms with van der Waals surface area (Å²) < 4.78 is 0. The summed E-state index contributed by atoms with van der Waals surface area (Å²) in [4.78, 5) is 14.4. The average molecular weight is 269 g/mol. The standard InChI is InChI=1S/C12H13ClN2OS/c13-9-4-1-3-8(7-9)12(16)15-6-2-5-10(15)11(14)17/h1,3-4,7,10H,2,5-6H2,(H2,14,17). The predicted molar refractivity (Wildman–Crippen MR) is 72.3 cm³/mol. The van der Waals surface area contributed by atoms with Gasteiger partial charge in [0.1, 0.15) is 0 Å². The van der Waals surface area contributed by atoms with E-state index < -0.39 is 0 Å². The molecule has 0 bridgehead atoms. The van der Waals surface area contributed by atoms with Gasteiger partial charge < -0.3 is 10.6 Å². The van der Waals surface area contributed by atoms with Crippen LogP contribution in [0.5, 0.6) is 0 Å². The summed E-state index contributed by atoms with van der Waals surface area (Å²) >= 11 is 10.9. The lowest BCUT2D eigenvalue weighted by Gasteiger charge is -2.23. The number of likely N-dealkylation sites (tertiary alicyclic amines) is 1. The quantitative estimate of drug-likeness (QED) is 0.837. The van der Waals surface area contributed by atoms with Crippen molar-refractivity contribution in [2.24, 2.45) is 5.73 Å². The summed E-state index contributed by atoms with van der Waals surface area (Å²) in [5, 5.41) is 0.557. The molecule has 3 nitrogen and oxygen atoms in total. The first-order valence-corrected chi connectivity index (χ1v) is 6.24. The number of benzene rings is 1. The first-order valence-electron chi connectivity index (χ1n) is 5.45. The van der Waals surface area contributed by atoms with Crippen LogP contribution in [0.3, 0.4) is 0 Å². The second-order valence-corrected chi connectivity index (χ2v) is 4.98. The molecule has 0 saturated carbocycles. The van der Waals surface area contributed by atoms with Gasteiger partial charge in [0.2, 0.25) is 0 Å². The Morgan fingerprint density at radius 3 is 2.94 bits per heavy atom. The first-order chi connectivity index (χ1) is 8.09. The van der Waals surface area contributed by atoms with E-state index in [-0.39, 0.29) is 11.9 Å². The maximum atomic E-state index is 12.3. The van der Waals surface area contributed by atoms with Gasteiger partial charge in [-0.15, -0.1) is 0 Å². The number of hydrogen-bond acceptors (Lipinski definition) is 2. The molecular formula is C12H13ClN2OS. The molecule has 1 fully saturated rings. The first kappa shape index (κ1) is 12.3. The van der Waals surface area contributed by atoms with E-state index >= 15 is 0 Å². The van der Waals surface area contributed by atoms with Crippen molar-refractivity contribution < 1.29 is 4.79 Å². The number of amides is 1. The van der Waals surface area contributed by atoms with Gasteiger partial charge >= 0.3 is 0 Å². The molecule has 0 aliphatic carbocycles. The smallest absolute Gasteiger partial charge is 0.254 e. The highest BCUT2D eigenvalue weighted by molar-refractivity contribution is 7.80. The highest BCUT2D eigenvalue weighted by Crippen LogP contribution is 2.21. The second kappa shape index (κ2) is 5.02. The fraction of sp³-hybridized carbons (Fsp3) is 0.333. The molecule has 0 radical (unpaired) electrons. The topological polar surface area (TPSA) is 46.3 Å². The number of nitrogens with zero attached hydrogens (tertiary/aromatic N) is 1. The van der Waals surface area contributed by atoms with Crippen LogP contribution >= 0.6 is 23.8 Å². The van der Waals surface area contributed by atoms with Crippen LogP contribution in [0.25, 0.3) is 0 Å². The Bertz CT molecular complexity index is 464. The second-order valence-electron chi connectivity index (χ2n) is 4.07. The molecule has 2 rings (SSSR count). The fourth-order valence-corrected chi connectivity index (χ4v) is 2.53. The van der Waals surface area contributed by atoms with Gasteiger partial charge in [-0.25, -0.2) is 0 Å². The highest BCUT2D eigenvalue weighted by atomic mass is 35.5. The van der Waals surface area contributed by atoms with E-state index in [4.69, 9.17) is 29.6 Å². The monoisotopic (exact) mass is 268 g/mol. The number of halogens is 1. The van der Waals surface area contributed by atoms with Gasteiger partial charge in [0.05, 0.1) is 11.0 Å². The molecular weight excluding hydrogens is 256 g/mol. The summed E-state index contributed by atoms with van der Waals surface area (Å²) in [6, 6.07) is 6.81. The minimum atomic E-state index is -0.114. The SMILES string of the molecule is NC(=S)C1CCCN1C(=O)c1cccc(Cl)c1. The molecule has 1 heterocycles. The lowest BCUT2D eigenvalue weighted by atomic mass is 10.1. The summed E-state index contributed by atoms with van der Waals surface area (Å²) in [7, 11) is 0. The minimum Gasteiger partial charge on any atom is -0.392 e. The maximum absolute atomic E-state index is 12.3. The summed E-state index contributed by atoms with van der Waals surface area (Å²) in [5.41, 5.74) is 6.23. The normalized spacial score (nSPS) is 19.4. The summed E-state index contributed by atoms with van der Waals surface area (Å²) in [5.74, 6) is -0.0530. The third-order valence-corrected chi connectivity index (χ3v) is 3.42. The molecule has 5 heteroatoms. The van der Waals surface area contributed by atoms with E-state index in [2.05, 4.69) is 0 Å². The third-order valence-electron chi connectivity index (χ3n) is 2.91. The van der Waals surface area contributed by atoms with Crippen molar-refractivity contribution in [3.63, 3.8) is 0 Å². The Hall–Kier alpha value is -1.13. The zero-order valence-electron chi connectivity index (χ0n) is 9.23. The molecule has 1 aliphatic rings. The Morgan fingerprint density at radius 2 is 2.29 bits per heavy atom. The Balaban J connectivity index is 2.23. The van der Waals surface area contributed by atoms with E-state index in [1.165, 1.54) is 0 Å². The molecule has 1 aliphatic heterocycles. The molecule has 1 aromatic rings.